The standard InChI is InChI=1S/C10H14Si/c1-2-10(11)8-9-6-4-3-5-7-9/h3-8H,2H2,1,11H3. The Morgan fingerprint density at radius 3 is 2.55 bits per heavy atom. The number of hydrogen-bond donors (Lipinski definition) is 0. The maximum Gasteiger partial charge on any atom is 0.0333 e. The molecule has 0 N–H and O–H groups in total. The molecule has 0 heterocycles. The molecular weight excluding hydrogens is 148 g/mol. The zero-order valence-electron chi connectivity index (χ0n) is 7.17. The van der Waals surface area contributed by atoms with Crippen molar-refractivity contribution < 1.29 is 0 Å². The molecule has 0 atom stereocenters. The molecule has 0 saturated carbocycles. The molecule has 0 aliphatic rings. The van der Waals surface area contributed by atoms with E-state index in [-0.39, 0.29) is 0 Å². The van der Waals surface area contributed by atoms with Gasteiger partial charge in [-0.15, -0.1) is 0 Å². The second kappa shape index (κ2) is 4.14. The lowest BCUT2D eigenvalue weighted by atomic mass is 10.2. The predicted molar refractivity (Wildman–Crippen MR) is 54.6 cm³/mol. The molecule has 0 fully saturated rings. The number of allylic oxidation sites excluding steroid dienone is 1. The summed E-state index contributed by atoms with van der Waals surface area (Å²) in [5.41, 5.74) is 1.33. The molecule has 0 nitrogen and oxygen atoms in total. The Morgan fingerprint density at radius 1 is 1.36 bits per heavy atom. The molecule has 1 aromatic carbocycles. The van der Waals surface area contributed by atoms with Crippen molar-refractivity contribution in [3.63, 3.8) is 0 Å². The van der Waals surface area contributed by atoms with Gasteiger partial charge in [0, 0.05) is 10.2 Å². The van der Waals surface area contributed by atoms with E-state index in [0.29, 0.717) is 0 Å². The first-order valence-electron chi connectivity index (χ1n) is 4.05. The highest BCUT2D eigenvalue weighted by atomic mass is 28.1. The van der Waals surface area contributed by atoms with Crippen LogP contribution in [0.3, 0.4) is 0 Å². The highest BCUT2D eigenvalue weighted by molar-refractivity contribution is 6.23. The van der Waals surface area contributed by atoms with Gasteiger partial charge in [0.15, 0.2) is 0 Å². The molecule has 11 heavy (non-hydrogen) atoms. The van der Waals surface area contributed by atoms with Crippen molar-refractivity contribution in [2.24, 2.45) is 0 Å². The fourth-order valence-electron chi connectivity index (χ4n) is 0.936. The summed E-state index contributed by atoms with van der Waals surface area (Å²) in [4.78, 5) is 0. The van der Waals surface area contributed by atoms with Gasteiger partial charge in [0.25, 0.3) is 0 Å². The fraction of sp³-hybridized carbons (Fsp3) is 0.200. The van der Waals surface area contributed by atoms with Crippen LogP contribution in [0.5, 0.6) is 0 Å². The van der Waals surface area contributed by atoms with E-state index in [1.54, 1.807) is 5.20 Å². The first kappa shape index (κ1) is 8.28. The van der Waals surface area contributed by atoms with E-state index < -0.39 is 0 Å². The Labute approximate surface area is 71.4 Å². The van der Waals surface area contributed by atoms with Crippen molar-refractivity contribution in [2.45, 2.75) is 13.3 Å². The van der Waals surface area contributed by atoms with Crippen LogP contribution in [0.25, 0.3) is 6.08 Å². The van der Waals surface area contributed by atoms with E-state index in [1.807, 2.05) is 0 Å². The average Bonchev–Trinajstić information content (AvgIpc) is 2.06. The minimum Gasteiger partial charge on any atom is -0.0914 e. The van der Waals surface area contributed by atoms with Gasteiger partial charge in [-0.25, -0.2) is 0 Å². The molecular formula is C10H14Si. The summed E-state index contributed by atoms with van der Waals surface area (Å²) in [6.45, 7) is 2.21. The van der Waals surface area contributed by atoms with Crippen LogP contribution >= 0.6 is 0 Å². The second-order valence-corrected chi connectivity index (χ2v) is 4.04. The summed E-state index contributed by atoms with van der Waals surface area (Å²) in [5, 5.41) is 1.57. The molecule has 58 valence electrons. The molecule has 1 rings (SSSR count). The van der Waals surface area contributed by atoms with Crippen molar-refractivity contribution in [2.75, 3.05) is 0 Å². The van der Waals surface area contributed by atoms with E-state index in [2.05, 4.69) is 43.3 Å². The number of rotatable bonds is 2. The fourth-order valence-corrected chi connectivity index (χ4v) is 1.27. The minimum absolute atomic E-state index is 1.19. The maximum absolute atomic E-state index is 2.28. The number of benzene rings is 1. The third-order valence-electron chi connectivity index (χ3n) is 1.77. The summed E-state index contributed by atoms with van der Waals surface area (Å²) < 4.78 is 0. The van der Waals surface area contributed by atoms with Crippen molar-refractivity contribution in [1.82, 2.24) is 0 Å². The Morgan fingerprint density at radius 2 is 2.00 bits per heavy atom. The van der Waals surface area contributed by atoms with Gasteiger partial charge in [-0.3, -0.25) is 0 Å². The van der Waals surface area contributed by atoms with Crippen LogP contribution in [0.1, 0.15) is 18.9 Å². The summed E-state index contributed by atoms with van der Waals surface area (Å²) in [7, 11) is 1.19. The van der Waals surface area contributed by atoms with Crippen LogP contribution < -0.4 is 0 Å². The van der Waals surface area contributed by atoms with Gasteiger partial charge in [-0.2, -0.15) is 0 Å². The van der Waals surface area contributed by atoms with Gasteiger partial charge >= 0.3 is 0 Å². The molecule has 0 radical (unpaired) electrons. The quantitative estimate of drug-likeness (QED) is 0.582. The molecule has 0 aromatic heterocycles. The van der Waals surface area contributed by atoms with Crippen molar-refractivity contribution in [3.8, 4) is 0 Å². The Bertz CT molecular complexity index is 236. The third-order valence-corrected chi connectivity index (χ3v) is 2.77. The first-order valence-corrected chi connectivity index (χ1v) is 5.05. The summed E-state index contributed by atoms with van der Waals surface area (Å²) in [6.07, 6.45) is 3.48. The van der Waals surface area contributed by atoms with Crippen molar-refractivity contribution >= 4 is 16.3 Å². The Balaban J connectivity index is 2.79. The van der Waals surface area contributed by atoms with Crippen LogP contribution in [0.4, 0.5) is 0 Å². The van der Waals surface area contributed by atoms with E-state index in [4.69, 9.17) is 0 Å². The van der Waals surface area contributed by atoms with Crippen LogP contribution in [0.2, 0.25) is 0 Å². The van der Waals surface area contributed by atoms with Gasteiger partial charge in [-0.05, 0) is 12.0 Å². The van der Waals surface area contributed by atoms with Crippen molar-refractivity contribution in [1.29, 1.82) is 0 Å². The monoisotopic (exact) mass is 162 g/mol. The van der Waals surface area contributed by atoms with Crippen LogP contribution in [-0.4, -0.2) is 10.2 Å². The summed E-state index contributed by atoms with van der Waals surface area (Å²) in [5.74, 6) is 0. The lowest BCUT2D eigenvalue weighted by Gasteiger charge is -1.95. The molecule has 0 unspecified atom stereocenters. The number of hydrogen-bond acceptors (Lipinski definition) is 0. The Hall–Kier alpha value is -0.823. The Kier molecular flexibility index (Phi) is 3.11. The molecule has 0 aliphatic carbocycles. The molecule has 1 heteroatoms. The van der Waals surface area contributed by atoms with Crippen LogP contribution in [-0.2, 0) is 0 Å². The largest absolute Gasteiger partial charge is 0.0914 e. The smallest absolute Gasteiger partial charge is 0.0333 e. The molecule has 0 aliphatic heterocycles. The summed E-state index contributed by atoms with van der Waals surface area (Å²) in [6, 6.07) is 10.5. The first-order chi connectivity index (χ1) is 5.33. The van der Waals surface area contributed by atoms with Gasteiger partial charge in [0.1, 0.15) is 0 Å². The minimum atomic E-state index is 1.19. The molecule has 0 saturated heterocycles. The maximum atomic E-state index is 2.28. The zero-order valence-corrected chi connectivity index (χ0v) is 9.17. The molecule has 0 spiro atoms. The molecule has 0 bridgehead atoms. The summed E-state index contributed by atoms with van der Waals surface area (Å²) >= 11 is 0. The predicted octanol–water partition coefficient (Wildman–Crippen LogP) is 1.80. The van der Waals surface area contributed by atoms with Crippen LogP contribution in [0, 0.1) is 0 Å². The molecule has 0 amide bonds. The van der Waals surface area contributed by atoms with E-state index in [0.717, 1.165) is 0 Å². The van der Waals surface area contributed by atoms with Gasteiger partial charge in [0.05, 0.1) is 0 Å². The van der Waals surface area contributed by atoms with E-state index in [9.17, 15) is 0 Å². The normalized spacial score (nSPS) is 11.9. The highest BCUT2D eigenvalue weighted by Gasteiger charge is 1.85. The molecule has 1 aromatic rings. The average molecular weight is 162 g/mol. The lowest BCUT2D eigenvalue weighted by molar-refractivity contribution is 1.20. The highest BCUT2D eigenvalue weighted by Crippen LogP contribution is 2.05. The SMILES string of the molecule is CCC([SiH3])=Cc1ccccc1. The van der Waals surface area contributed by atoms with Crippen LogP contribution in [0.15, 0.2) is 35.5 Å². The van der Waals surface area contributed by atoms with Gasteiger partial charge < -0.3 is 0 Å². The van der Waals surface area contributed by atoms with E-state index >= 15 is 0 Å². The van der Waals surface area contributed by atoms with Gasteiger partial charge in [-0.1, -0.05) is 48.5 Å². The zero-order chi connectivity index (χ0) is 8.10. The topological polar surface area (TPSA) is 0 Å². The lowest BCUT2D eigenvalue weighted by Crippen LogP contribution is -1.78. The van der Waals surface area contributed by atoms with Crippen molar-refractivity contribution in [3.05, 3.63) is 41.1 Å². The third kappa shape index (κ3) is 2.72. The van der Waals surface area contributed by atoms with Gasteiger partial charge in [0.2, 0.25) is 0 Å². The second-order valence-electron chi connectivity index (χ2n) is 2.75. The van der Waals surface area contributed by atoms with E-state index in [1.165, 1.54) is 22.2 Å².